The molecule has 3 saturated carbocycles. The Morgan fingerprint density at radius 1 is 0.581 bits per heavy atom. The number of fused-ring (bicyclic) bond motifs is 1. The smallest absolute Gasteiger partial charge is 0.340 e. The second-order valence-corrected chi connectivity index (χ2v) is 10.5. The third-order valence-corrected chi connectivity index (χ3v) is 8.27. The number of esters is 1. The van der Waals surface area contributed by atoms with Gasteiger partial charge in [-0.05, 0) is 38.5 Å². The van der Waals surface area contributed by atoms with Crippen molar-refractivity contribution in [2.75, 3.05) is 6.61 Å². The van der Waals surface area contributed by atoms with E-state index in [2.05, 4.69) is 0 Å². The molecule has 3 heterocycles. The zero-order valence-electron chi connectivity index (χ0n) is 18.5. The molecule has 3 aliphatic heterocycles. The summed E-state index contributed by atoms with van der Waals surface area (Å²) in [4.78, 5) is 13.2. The second-order valence-electron chi connectivity index (χ2n) is 10.5. The Morgan fingerprint density at radius 2 is 1.13 bits per heavy atom. The molecule has 174 valence electrons. The van der Waals surface area contributed by atoms with Crippen molar-refractivity contribution in [3.05, 3.63) is 0 Å². The van der Waals surface area contributed by atoms with E-state index in [1.807, 2.05) is 0 Å². The molecular formula is C24H36O7. The highest BCUT2D eigenvalue weighted by Gasteiger charge is 2.62. The lowest BCUT2D eigenvalue weighted by Crippen LogP contribution is -2.69. The topological polar surface area (TPSA) is 72.5 Å². The van der Waals surface area contributed by atoms with Crippen molar-refractivity contribution in [3.8, 4) is 0 Å². The summed E-state index contributed by atoms with van der Waals surface area (Å²) in [5.74, 6) is -2.35. The van der Waals surface area contributed by atoms with Crippen LogP contribution in [-0.4, -0.2) is 54.4 Å². The van der Waals surface area contributed by atoms with Gasteiger partial charge in [0.15, 0.2) is 17.7 Å². The van der Waals surface area contributed by atoms with Crippen LogP contribution in [0.1, 0.15) is 96.3 Å². The Hall–Kier alpha value is -0.730. The van der Waals surface area contributed by atoms with E-state index in [9.17, 15) is 4.79 Å². The van der Waals surface area contributed by atoms with Gasteiger partial charge in [0.1, 0.15) is 18.3 Å². The van der Waals surface area contributed by atoms with Gasteiger partial charge in [0, 0.05) is 38.5 Å². The molecule has 7 heteroatoms. The molecule has 6 aliphatic rings. The predicted octanol–water partition coefficient (Wildman–Crippen LogP) is 4.11. The highest BCUT2D eigenvalue weighted by Crippen LogP contribution is 2.48. The van der Waals surface area contributed by atoms with Crippen molar-refractivity contribution < 1.29 is 33.2 Å². The van der Waals surface area contributed by atoms with E-state index in [1.54, 1.807) is 0 Å². The summed E-state index contributed by atoms with van der Waals surface area (Å²) in [6, 6.07) is 0. The van der Waals surface area contributed by atoms with Gasteiger partial charge in [-0.2, -0.15) is 0 Å². The molecular weight excluding hydrogens is 400 g/mol. The van der Waals surface area contributed by atoms with Gasteiger partial charge >= 0.3 is 5.97 Å². The first-order valence-electron chi connectivity index (χ1n) is 12.7. The van der Waals surface area contributed by atoms with Crippen LogP contribution >= 0.6 is 0 Å². The van der Waals surface area contributed by atoms with Crippen LogP contribution in [0.15, 0.2) is 0 Å². The molecule has 3 aliphatic carbocycles. The summed E-state index contributed by atoms with van der Waals surface area (Å²) >= 11 is 0. The van der Waals surface area contributed by atoms with E-state index in [4.69, 9.17) is 28.4 Å². The highest BCUT2D eigenvalue weighted by atomic mass is 16.8. The van der Waals surface area contributed by atoms with Crippen LogP contribution in [0.5, 0.6) is 0 Å². The van der Waals surface area contributed by atoms with E-state index in [0.717, 1.165) is 83.5 Å². The molecule has 7 nitrogen and oxygen atoms in total. The number of hydrogen-bond donors (Lipinski definition) is 0. The molecule has 0 radical (unpaired) electrons. The van der Waals surface area contributed by atoms with E-state index in [1.165, 1.54) is 12.8 Å². The van der Waals surface area contributed by atoms with Gasteiger partial charge in [-0.25, -0.2) is 4.79 Å². The summed E-state index contributed by atoms with van der Waals surface area (Å²) in [5, 5.41) is 0. The third kappa shape index (κ3) is 3.74. The number of carbonyl (C=O) groups is 1. The average Bonchev–Trinajstić information content (AvgIpc) is 3.19. The van der Waals surface area contributed by atoms with Gasteiger partial charge in [-0.15, -0.1) is 0 Å². The maximum atomic E-state index is 13.2. The lowest BCUT2D eigenvalue weighted by Gasteiger charge is -2.55. The Bertz CT molecular complexity index is 675. The fourth-order valence-corrected chi connectivity index (χ4v) is 6.65. The Balaban J connectivity index is 1.29. The van der Waals surface area contributed by atoms with Crippen molar-refractivity contribution in [1.82, 2.24) is 0 Å². The number of carbonyl (C=O) groups excluding carboxylic acids is 1. The molecule has 0 N–H and O–H groups in total. The fourth-order valence-electron chi connectivity index (χ4n) is 6.65. The highest BCUT2D eigenvalue weighted by molar-refractivity contribution is 5.77. The van der Waals surface area contributed by atoms with Crippen LogP contribution < -0.4 is 0 Å². The van der Waals surface area contributed by atoms with Crippen molar-refractivity contribution in [3.63, 3.8) is 0 Å². The quantitative estimate of drug-likeness (QED) is 0.573. The third-order valence-electron chi connectivity index (χ3n) is 8.27. The number of ether oxygens (including phenoxy) is 6. The lowest BCUT2D eigenvalue weighted by molar-refractivity contribution is -0.413. The molecule has 4 unspecified atom stereocenters. The summed E-state index contributed by atoms with van der Waals surface area (Å²) < 4.78 is 38.5. The Kier molecular flexibility index (Phi) is 5.34. The van der Waals surface area contributed by atoms with Gasteiger partial charge in [-0.1, -0.05) is 19.3 Å². The van der Waals surface area contributed by atoms with Crippen molar-refractivity contribution in [2.45, 2.75) is 138 Å². The average molecular weight is 437 g/mol. The number of rotatable bonds is 1. The SMILES string of the molecule is O=C1OC2(CCCCC2)OC2C1OC1(CCCCC1)OC2C1COC2(CCCCC2)O1. The lowest BCUT2D eigenvalue weighted by atomic mass is 9.88. The zero-order valence-corrected chi connectivity index (χ0v) is 18.5. The maximum absolute atomic E-state index is 13.2. The molecule has 0 aromatic rings. The molecule has 3 spiro atoms. The van der Waals surface area contributed by atoms with Crippen LogP contribution in [0.2, 0.25) is 0 Å². The number of hydrogen-bond acceptors (Lipinski definition) is 7. The maximum Gasteiger partial charge on any atom is 0.340 e. The summed E-state index contributed by atoms with van der Waals surface area (Å²) in [6.07, 6.45) is 12.9. The summed E-state index contributed by atoms with van der Waals surface area (Å²) in [5.41, 5.74) is 0. The van der Waals surface area contributed by atoms with Gasteiger partial charge in [-0.3, -0.25) is 0 Å². The predicted molar refractivity (Wildman–Crippen MR) is 109 cm³/mol. The second kappa shape index (κ2) is 7.94. The standard InChI is InChI=1S/C24H36O7/c25-21-20-19(29-24(31-21)14-8-3-9-15-24)18(28-23(30-20)12-6-2-7-13-23)17-16-26-22(27-17)10-4-1-5-11-22/h17-20H,1-16H2. The van der Waals surface area contributed by atoms with E-state index in [0.29, 0.717) is 6.61 Å². The van der Waals surface area contributed by atoms with Crippen LogP contribution in [0.3, 0.4) is 0 Å². The van der Waals surface area contributed by atoms with Gasteiger partial charge < -0.3 is 28.4 Å². The van der Waals surface area contributed by atoms with Crippen molar-refractivity contribution in [1.29, 1.82) is 0 Å². The van der Waals surface area contributed by atoms with Crippen LogP contribution in [0, 0.1) is 0 Å². The van der Waals surface area contributed by atoms with Crippen LogP contribution in [0.4, 0.5) is 0 Å². The van der Waals surface area contributed by atoms with E-state index < -0.39 is 29.6 Å². The van der Waals surface area contributed by atoms with Gasteiger partial charge in [0.2, 0.25) is 5.79 Å². The molecule has 31 heavy (non-hydrogen) atoms. The molecule has 6 rings (SSSR count). The molecule has 0 aromatic carbocycles. The minimum Gasteiger partial charge on any atom is -0.431 e. The Labute approximate surface area is 184 Å². The van der Waals surface area contributed by atoms with Crippen LogP contribution in [-0.2, 0) is 33.2 Å². The van der Waals surface area contributed by atoms with E-state index in [-0.39, 0.29) is 18.2 Å². The van der Waals surface area contributed by atoms with Crippen LogP contribution in [0.25, 0.3) is 0 Å². The largest absolute Gasteiger partial charge is 0.431 e. The summed E-state index contributed by atoms with van der Waals surface area (Å²) in [6.45, 7) is 0.482. The van der Waals surface area contributed by atoms with Gasteiger partial charge in [0.25, 0.3) is 0 Å². The van der Waals surface area contributed by atoms with Gasteiger partial charge in [0.05, 0.1) is 6.61 Å². The van der Waals surface area contributed by atoms with E-state index >= 15 is 0 Å². The molecule has 0 amide bonds. The minimum atomic E-state index is -0.833. The fraction of sp³-hybridized carbons (Fsp3) is 0.958. The molecule has 4 atom stereocenters. The first-order valence-corrected chi connectivity index (χ1v) is 12.7. The van der Waals surface area contributed by atoms with Crippen molar-refractivity contribution >= 4 is 5.97 Å². The molecule has 3 saturated heterocycles. The summed E-state index contributed by atoms with van der Waals surface area (Å²) in [7, 11) is 0. The molecule has 0 bridgehead atoms. The van der Waals surface area contributed by atoms with Crippen molar-refractivity contribution in [2.24, 2.45) is 0 Å². The first-order chi connectivity index (χ1) is 15.1. The first kappa shape index (κ1) is 20.8. The normalized spacial score (nSPS) is 41.2. The molecule has 0 aromatic heterocycles. The minimum absolute atomic E-state index is 0.250. The monoisotopic (exact) mass is 436 g/mol. The zero-order chi connectivity index (χ0) is 20.9. The Morgan fingerprint density at radius 3 is 1.77 bits per heavy atom. The molecule has 6 fully saturated rings.